The van der Waals surface area contributed by atoms with Gasteiger partial charge in [0.2, 0.25) is 0 Å². The quantitative estimate of drug-likeness (QED) is 0.862. The number of rotatable bonds is 6. The summed E-state index contributed by atoms with van der Waals surface area (Å²) in [7, 11) is 0. The monoisotopic (exact) mass is 265 g/mol. The predicted molar refractivity (Wildman–Crippen MR) is 69.7 cm³/mol. The van der Waals surface area contributed by atoms with Crippen molar-refractivity contribution in [1.82, 2.24) is 5.32 Å². The van der Waals surface area contributed by atoms with Gasteiger partial charge in [0.15, 0.2) is 11.6 Å². The predicted octanol–water partition coefficient (Wildman–Crippen LogP) is 3.67. The van der Waals surface area contributed by atoms with Crippen molar-refractivity contribution in [3.63, 3.8) is 0 Å². The maximum atomic E-state index is 13.0. The van der Waals surface area contributed by atoms with Crippen molar-refractivity contribution < 1.29 is 13.2 Å². The van der Waals surface area contributed by atoms with Crippen molar-refractivity contribution in [2.45, 2.75) is 32.4 Å². The van der Waals surface area contributed by atoms with Crippen LogP contribution in [0.3, 0.4) is 0 Å². The van der Waals surface area contributed by atoms with E-state index >= 15 is 0 Å². The number of benzene rings is 1. The molecule has 4 heteroatoms. The standard InChI is InChI=1S/C15H17F2NO/c1-11(4-6-13-3-2-8-19-13)18-10-12-5-7-14(16)15(17)9-12/h2-3,5,7-9,11,18H,4,6,10H2,1H3. The van der Waals surface area contributed by atoms with E-state index in [0.29, 0.717) is 6.54 Å². The summed E-state index contributed by atoms with van der Waals surface area (Å²) in [4.78, 5) is 0. The topological polar surface area (TPSA) is 25.2 Å². The van der Waals surface area contributed by atoms with Gasteiger partial charge < -0.3 is 9.73 Å². The lowest BCUT2D eigenvalue weighted by Crippen LogP contribution is -2.26. The number of hydrogen-bond donors (Lipinski definition) is 1. The van der Waals surface area contributed by atoms with Gasteiger partial charge in [-0.2, -0.15) is 0 Å². The molecular formula is C15H17F2NO. The van der Waals surface area contributed by atoms with Gasteiger partial charge >= 0.3 is 0 Å². The Morgan fingerprint density at radius 1 is 1.21 bits per heavy atom. The molecule has 1 aromatic heterocycles. The van der Waals surface area contributed by atoms with Gasteiger partial charge in [-0.3, -0.25) is 0 Å². The number of halogens is 2. The molecule has 19 heavy (non-hydrogen) atoms. The Bertz CT molecular complexity index is 511. The number of hydrogen-bond acceptors (Lipinski definition) is 2. The van der Waals surface area contributed by atoms with Gasteiger partial charge in [0.05, 0.1) is 6.26 Å². The fraction of sp³-hybridized carbons (Fsp3) is 0.333. The number of nitrogens with one attached hydrogen (secondary N) is 1. The molecule has 0 saturated carbocycles. The summed E-state index contributed by atoms with van der Waals surface area (Å²) in [6.45, 7) is 2.58. The number of aryl methyl sites for hydroxylation is 1. The second kappa shape index (κ2) is 6.48. The number of furan rings is 1. The zero-order chi connectivity index (χ0) is 13.7. The average Bonchev–Trinajstić information content (AvgIpc) is 2.91. The molecule has 1 atom stereocenters. The first-order valence-electron chi connectivity index (χ1n) is 6.35. The van der Waals surface area contributed by atoms with Gasteiger partial charge in [0.25, 0.3) is 0 Å². The van der Waals surface area contributed by atoms with Gasteiger partial charge in [0.1, 0.15) is 5.76 Å². The highest BCUT2D eigenvalue weighted by Gasteiger charge is 2.06. The Hall–Kier alpha value is -1.68. The third-order valence-corrected chi connectivity index (χ3v) is 3.04. The van der Waals surface area contributed by atoms with Crippen LogP contribution < -0.4 is 5.32 Å². The molecule has 0 fully saturated rings. The Labute approximate surface area is 111 Å². The average molecular weight is 265 g/mol. The highest BCUT2D eigenvalue weighted by atomic mass is 19.2. The van der Waals surface area contributed by atoms with E-state index < -0.39 is 11.6 Å². The summed E-state index contributed by atoms with van der Waals surface area (Å²) in [5, 5.41) is 3.28. The van der Waals surface area contributed by atoms with E-state index in [1.54, 1.807) is 12.3 Å². The van der Waals surface area contributed by atoms with Crippen molar-refractivity contribution in [2.75, 3.05) is 0 Å². The third-order valence-electron chi connectivity index (χ3n) is 3.04. The Morgan fingerprint density at radius 2 is 2.05 bits per heavy atom. The molecule has 0 radical (unpaired) electrons. The van der Waals surface area contributed by atoms with Gasteiger partial charge in [-0.1, -0.05) is 6.07 Å². The van der Waals surface area contributed by atoms with Crippen LogP contribution in [0.1, 0.15) is 24.7 Å². The van der Waals surface area contributed by atoms with E-state index in [1.807, 2.05) is 12.1 Å². The lowest BCUT2D eigenvalue weighted by Gasteiger charge is -2.13. The molecule has 1 heterocycles. The van der Waals surface area contributed by atoms with Crippen LogP contribution in [0, 0.1) is 11.6 Å². The van der Waals surface area contributed by atoms with Crippen molar-refractivity contribution >= 4 is 0 Å². The van der Waals surface area contributed by atoms with Crippen LogP contribution in [0.25, 0.3) is 0 Å². The van der Waals surface area contributed by atoms with Crippen LogP contribution in [0.4, 0.5) is 8.78 Å². The summed E-state index contributed by atoms with van der Waals surface area (Å²) in [6, 6.07) is 8.06. The minimum Gasteiger partial charge on any atom is -0.469 e. The molecule has 1 aromatic carbocycles. The van der Waals surface area contributed by atoms with Gasteiger partial charge in [0, 0.05) is 19.0 Å². The second-order valence-corrected chi connectivity index (χ2v) is 4.65. The lowest BCUT2D eigenvalue weighted by atomic mass is 10.1. The van der Waals surface area contributed by atoms with E-state index in [4.69, 9.17) is 4.42 Å². The molecule has 0 spiro atoms. The zero-order valence-corrected chi connectivity index (χ0v) is 10.8. The van der Waals surface area contributed by atoms with Crippen LogP contribution in [0.2, 0.25) is 0 Å². The lowest BCUT2D eigenvalue weighted by molar-refractivity contribution is 0.458. The first kappa shape index (κ1) is 13.7. The van der Waals surface area contributed by atoms with Crippen molar-refractivity contribution in [2.24, 2.45) is 0 Å². The minimum absolute atomic E-state index is 0.276. The second-order valence-electron chi connectivity index (χ2n) is 4.65. The molecule has 0 aliphatic heterocycles. The molecule has 102 valence electrons. The fourth-order valence-corrected chi connectivity index (χ4v) is 1.86. The summed E-state index contributed by atoms with van der Waals surface area (Å²) in [5.74, 6) is -0.654. The largest absolute Gasteiger partial charge is 0.469 e. The van der Waals surface area contributed by atoms with E-state index in [-0.39, 0.29) is 6.04 Å². The van der Waals surface area contributed by atoms with Gasteiger partial charge in [-0.15, -0.1) is 0 Å². The first-order valence-corrected chi connectivity index (χ1v) is 6.35. The first-order chi connectivity index (χ1) is 9.15. The summed E-state index contributed by atoms with van der Waals surface area (Å²) >= 11 is 0. The maximum Gasteiger partial charge on any atom is 0.159 e. The Balaban J connectivity index is 1.76. The third kappa shape index (κ3) is 4.17. The molecule has 0 bridgehead atoms. The van der Waals surface area contributed by atoms with Crippen molar-refractivity contribution in [3.05, 3.63) is 59.6 Å². The van der Waals surface area contributed by atoms with Gasteiger partial charge in [-0.05, 0) is 43.2 Å². The zero-order valence-electron chi connectivity index (χ0n) is 10.8. The summed E-state index contributed by atoms with van der Waals surface area (Å²) in [6.07, 6.45) is 3.45. The van der Waals surface area contributed by atoms with Crippen LogP contribution in [0.15, 0.2) is 41.0 Å². The molecule has 2 nitrogen and oxygen atoms in total. The highest BCUT2D eigenvalue weighted by molar-refractivity contribution is 5.17. The van der Waals surface area contributed by atoms with E-state index in [1.165, 1.54) is 6.07 Å². The molecule has 0 amide bonds. The molecule has 0 aliphatic rings. The minimum atomic E-state index is -0.811. The summed E-state index contributed by atoms with van der Waals surface area (Å²) < 4.78 is 31.0. The van der Waals surface area contributed by atoms with Gasteiger partial charge in [-0.25, -0.2) is 8.78 Å². The highest BCUT2D eigenvalue weighted by Crippen LogP contribution is 2.10. The normalized spacial score (nSPS) is 12.6. The molecule has 0 saturated heterocycles. The van der Waals surface area contributed by atoms with Crippen LogP contribution in [0.5, 0.6) is 0 Å². The van der Waals surface area contributed by atoms with Crippen LogP contribution in [-0.2, 0) is 13.0 Å². The van der Waals surface area contributed by atoms with E-state index in [2.05, 4.69) is 12.2 Å². The van der Waals surface area contributed by atoms with Crippen LogP contribution >= 0.6 is 0 Å². The van der Waals surface area contributed by atoms with Crippen LogP contribution in [-0.4, -0.2) is 6.04 Å². The Morgan fingerprint density at radius 3 is 2.74 bits per heavy atom. The maximum absolute atomic E-state index is 13.0. The Kier molecular flexibility index (Phi) is 4.68. The summed E-state index contributed by atoms with van der Waals surface area (Å²) in [5.41, 5.74) is 0.740. The molecular weight excluding hydrogens is 248 g/mol. The molecule has 2 aromatic rings. The van der Waals surface area contributed by atoms with E-state index in [0.717, 1.165) is 30.2 Å². The SMILES string of the molecule is CC(CCc1ccco1)NCc1ccc(F)c(F)c1. The molecule has 1 N–H and O–H groups in total. The van der Waals surface area contributed by atoms with Crippen molar-refractivity contribution in [1.29, 1.82) is 0 Å². The molecule has 1 unspecified atom stereocenters. The van der Waals surface area contributed by atoms with E-state index in [9.17, 15) is 8.78 Å². The molecule has 2 rings (SSSR count). The van der Waals surface area contributed by atoms with Crippen molar-refractivity contribution in [3.8, 4) is 0 Å². The smallest absolute Gasteiger partial charge is 0.159 e. The fourth-order valence-electron chi connectivity index (χ4n) is 1.86. The molecule has 0 aliphatic carbocycles.